The van der Waals surface area contributed by atoms with Crippen molar-refractivity contribution in [3.05, 3.63) is 23.9 Å². The lowest BCUT2D eigenvalue weighted by Gasteiger charge is -2.34. The molecule has 0 aliphatic rings. The van der Waals surface area contributed by atoms with Crippen LogP contribution in [0, 0.1) is 5.92 Å². The average molecular weight is 251 g/mol. The molecule has 0 spiro atoms. The number of nitrogens with zero attached hydrogens (tertiary/aromatic N) is 1. The van der Waals surface area contributed by atoms with Crippen molar-refractivity contribution in [2.75, 3.05) is 19.0 Å². The summed E-state index contributed by atoms with van der Waals surface area (Å²) in [6.07, 6.45) is 1.58. The van der Waals surface area contributed by atoms with Crippen LogP contribution in [0.15, 0.2) is 18.3 Å². The molecular formula is C13H21N3O2. The summed E-state index contributed by atoms with van der Waals surface area (Å²) in [6.45, 7) is 6.69. The maximum absolute atomic E-state index is 11.4. The van der Waals surface area contributed by atoms with Crippen LogP contribution >= 0.6 is 0 Å². The molecule has 1 atom stereocenters. The summed E-state index contributed by atoms with van der Waals surface area (Å²) in [5, 5.41) is 3.28. The number of methoxy groups -OCH3 is 1. The van der Waals surface area contributed by atoms with E-state index in [0.717, 1.165) is 0 Å². The van der Waals surface area contributed by atoms with Gasteiger partial charge in [0.2, 0.25) is 0 Å². The summed E-state index contributed by atoms with van der Waals surface area (Å²) < 4.78 is 4.68. The molecule has 18 heavy (non-hydrogen) atoms. The molecule has 1 unspecified atom stereocenters. The molecule has 0 saturated carbocycles. The van der Waals surface area contributed by atoms with Gasteiger partial charge in [0.05, 0.1) is 18.2 Å². The van der Waals surface area contributed by atoms with Crippen molar-refractivity contribution in [3.63, 3.8) is 0 Å². The van der Waals surface area contributed by atoms with Crippen LogP contribution in [0.25, 0.3) is 0 Å². The Morgan fingerprint density at radius 3 is 2.78 bits per heavy atom. The summed E-state index contributed by atoms with van der Waals surface area (Å²) in [7, 11) is 1.36. The van der Waals surface area contributed by atoms with Gasteiger partial charge in [-0.25, -0.2) is 9.78 Å². The fourth-order valence-electron chi connectivity index (χ4n) is 1.47. The molecular weight excluding hydrogens is 230 g/mol. The Kier molecular flexibility index (Phi) is 4.67. The van der Waals surface area contributed by atoms with Crippen molar-refractivity contribution in [3.8, 4) is 0 Å². The van der Waals surface area contributed by atoms with Gasteiger partial charge in [-0.2, -0.15) is 0 Å². The maximum atomic E-state index is 11.4. The maximum Gasteiger partial charge on any atom is 0.338 e. The smallest absolute Gasteiger partial charge is 0.338 e. The lowest BCUT2D eigenvalue weighted by molar-refractivity contribution is 0.0600. The van der Waals surface area contributed by atoms with E-state index in [2.05, 4.69) is 28.9 Å². The number of hydrogen-bond donors (Lipinski definition) is 2. The van der Waals surface area contributed by atoms with Crippen molar-refractivity contribution in [1.29, 1.82) is 0 Å². The molecule has 1 aromatic rings. The molecule has 1 aromatic heterocycles. The first-order chi connectivity index (χ1) is 8.42. The lowest BCUT2D eigenvalue weighted by atomic mass is 9.88. The number of anilines is 1. The SMILES string of the molecule is COC(=O)c1ccnc(NC(C)(CN)C(C)C)c1. The number of pyridine rings is 1. The zero-order valence-corrected chi connectivity index (χ0v) is 11.4. The van der Waals surface area contributed by atoms with E-state index in [1.54, 1.807) is 18.3 Å². The number of esters is 1. The Labute approximate surface area is 108 Å². The molecule has 0 aliphatic carbocycles. The molecule has 0 saturated heterocycles. The molecule has 1 rings (SSSR count). The van der Waals surface area contributed by atoms with Crippen LogP contribution in [0.1, 0.15) is 31.1 Å². The largest absolute Gasteiger partial charge is 0.465 e. The van der Waals surface area contributed by atoms with Crippen LogP contribution < -0.4 is 11.1 Å². The molecule has 0 aromatic carbocycles. The zero-order valence-electron chi connectivity index (χ0n) is 11.4. The quantitative estimate of drug-likeness (QED) is 0.778. The van der Waals surface area contributed by atoms with E-state index in [9.17, 15) is 4.79 Å². The van der Waals surface area contributed by atoms with Crippen LogP contribution in [0.3, 0.4) is 0 Å². The average Bonchev–Trinajstić information content (AvgIpc) is 2.37. The number of nitrogens with one attached hydrogen (secondary N) is 1. The number of ether oxygens (including phenoxy) is 1. The first-order valence-corrected chi connectivity index (χ1v) is 5.95. The summed E-state index contributed by atoms with van der Waals surface area (Å²) in [6, 6.07) is 3.29. The van der Waals surface area contributed by atoms with Gasteiger partial charge in [0.25, 0.3) is 0 Å². The zero-order chi connectivity index (χ0) is 13.8. The molecule has 1 heterocycles. The van der Waals surface area contributed by atoms with Gasteiger partial charge in [-0.05, 0) is 25.0 Å². The second-order valence-corrected chi connectivity index (χ2v) is 4.82. The van der Waals surface area contributed by atoms with Crippen molar-refractivity contribution in [2.45, 2.75) is 26.3 Å². The van der Waals surface area contributed by atoms with E-state index < -0.39 is 0 Å². The van der Waals surface area contributed by atoms with Gasteiger partial charge in [0.15, 0.2) is 0 Å². The first kappa shape index (κ1) is 14.4. The van der Waals surface area contributed by atoms with Crippen LogP contribution in [0.2, 0.25) is 0 Å². The number of rotatable bonds is 5. The number of carbonyl (C=O) groups is 1. The molecule has 0 aliphatic heterocycles. The van der Waals surface area contributed by atoms with Gasteiger partial charge in [0, 0.05) is 12.7 Å². The molecule has 0 bridgehead atoms. The Balaban J connectivity index is 2.94. The van der Waals surface area contributed by atoms with E-state index in [1.165, 1.54) is 7.11 Å². The van der Waals surface area contributed by atoms with E-state index in [4.69, 9.17) is 5.73 Å². The van der Waals surface area contributed by atoms with Crippen molar-refractivity contribution < 1.29 is 9.53 Å². The first-order valence-electron chi connectivity index (χ1n) is 5.95. The lowest BCUT2D eigenvalue weighted by Crippen LogP contribution is -2.47. The Hall–Kier alpha value is -1.62. The summed E-state index contributed by atoms with van der Waals surface area (Å²) in [5.41, 5.74) is 6.01. The van der Waals surface area contributed by atoms with Crippen LogP contribution in [-0.2, 0) is 4.74 Å². The minimum Gasteiger partial charge on any atom is -0.465 e. The van der Waals surface area contributed by atoms with Gasteiger partial charge in [-0.3, -0.25) is 0 Å². The van der Waals surface area contributed by atoms with Crippen LogP contribution in [-0.4, -0.2) is 30.1 Å². The molecule has 3 N–H and O–H groups in total. The third-order valence-corrected chi connectivity index (χ3v) is 3.29. The molecule has 0 radical (unpaired) electrons. The van der Waals surface area contributed by atoms with Crippen molar-refractivity contribution in [2.24, 2.45) is 11.7 Å². The predicted molar refractivity (Wildman–Crippen MR) is 71.5 cm³/mol. The Morgan fingerprint density at radius 1 is 1.61 bits per heavy atom. The van der Waals surface area contributed by atoms with Crippen LogP contribution in [0.5, 0.6) is 0 Å². The monoisotopic (exact) mass is 251 g/mol. The molecule has 5 heteroatoms. The second-order valence-electron chi connectivity index (χ2n) is 4.82. The van der Waals surface area contributed by atoms with Gasteiger partial charge < -0.3 is 15.8 Å². The van der Waals surface area contributed by atoms with Gasteiger partial charge >= 0.3 is 5.97 Å². The van der Waals surface area contributed by atoms with Gasteiger partial charge in [-0.15, -0.1) is 0 Å². The Morgan fingerprint density at radius 2 is 2.28 bits per heavy atom. The highest BCUT2D eigenvalue weighted by Gasteiger charge is 2.27. The normalized spacial score (nSPS) is 14.1. The number of carbonyl (C=O) groups excluding carboxylic acids is 1. The van der Waals surface area contributed by atoms with Crippen molar-refractivity contribution in [1.82, 2.24) is 4.98 Å². The van der Waals surface area contributed by atoms with E-state index in [0.29, 0.717) is 23.8 Å². The van der Waals surface area contributed by atoms with Gasteiger partial charge in [-0.1, -0.05) is 13.8 Å². The third-order valence-electron chi connectivity index (χ3n) is 3.29. The third kappa shape index (κ3) is 3.20. The standard InChI is InChI=1S/C13H21N3O2/c1-9(2)13(3,8-14)16-11-7-10(5-6-15-11)12(17)18-4/h5-7,9H,8,14H2,1-4H3,(H,15,16). The number of aromatic nitrogens is 1. The number of nitrogens with two attached hydrogens (primary N) is 1. The minimum atomic E-state index is -0.376. The Bertz CT molecular complexity index is 420. The topological polar surface area (TPSA) is 77.2 Å². The van der Waals surface area contributed by atoms with E-state index >= 15 is 0 Å². The molecule has 0 amide bonds. The highest BCUT2D eigenvalue weighted by Crippen LogP contribution is 2.21. The fraction of sp³-hybridized carbons (Fsp3) is 0.538. The van der Waals surface area contributed by atoms with E-state index in [1.807, 2.05) is 6.92 Å². The second kappa shape index (κ2) is 5.82. The van der Waals surface area contributed by atoms with E-state index in [-0.39, 0.29) is 11.5 Å². The molecule has 100 valence electrons. The van der Waals surface area contributed by atoms with Crippen LogP contribution in [0.4, 0.5) is 5.82 Å². The summed E-state index contributed by atoms with van der Waals surface area (Å²) in [4.78, 5) is 15.6. The van der Waals surface area contributed by atoms with Crippen molar-refractivity contribution >= 4 is 11.8 Å². The highest BCUT2D eigenvalue weighted by atomic mass is 16.5. The van der Waals surface area contributed by atoms with Gasteiger partial charge in [0.1, 0.15) is 5.82 Å². The predicted octanol–water partition coefficient (Wildman–Crippen LogP) is 1.65. The molecule has 0 fully saturated rings. The number of hydrogen-bond acceptors (Lipinski definition) is 5. The summed E-state index contributed by atoms with van der Waals surface area (Å²) >= 11 is 0. The highest BCUT2D eigenvalue weighted by molar-refractivity contribution is 5.90. The minimum absolute atomic E-state index is 0.262. The summed E-state index contributed by atoms with van der Waals surface area (Å²) in [5.74, 6) is 0.588. The fourth-order valence-corrected chi connectivity index (χ4v) is 1.47. The molecule has 5 nitrogen and oxygen atoms in total.